The largest absolute Gasteiger partial charge is 0.458 e. The Hall–Kier alpha value is -2.88. The fourth-order valence-electron chi connectivity index (χ4n) is 7.98. The number of ketones is 1. The summed E-state index contributed by atoms with van der Waals surface area (Å²) in [6, 6.07) is 4.98. The highest BCUT2D eigenvalue weighted by atomic mass is 19.1. The molecule has 3 fully saturated rings. The first-order chi connectivity index (χ1) is 23.9. The average molecular weight is 723 g/mol. The molecule has 4 unspecified atom stereocenters. The molecule has 3 aliphatic heterocycles. The molecule has 4 rings (SSSR count). The lowest BCUT2D eigenvalue weighted by Gasteiger charge is -2.47. The number of likely N-dealkylation sites (N-methyl/N-ethyl adjacent to an activating group) is 1. The molecule has 4 N–H and O–H groups in total. The molecule has 3 aliphatic rings. The number of ether oxygens (including phenoxy) is 5. The Labute approximate surface area is 301 Å². The Kier molecular flexibility index (Phi) is 13.5. The van der Waals surface area contributed by atoms with Crippen molar-refractivity contribution in [1.82, 2.24) is 15.5 Å². The molecule has 1 amide bonds. The number of halogens is 1. The Balaban J connectivity index is 1.66. The van der Waals surface area contributed by atoms with Crippen LogP contribution in [0.2, 0.25) is 0 Å². The van der Waals surface area contributed by atoms with Crippen LogP contribution in [-0.4, -0.2) is 122 Å². The van der Waals surface area contributed by atoms with E-state index in [0.29, 0.717) is 38.0 Å². The number of nitrogens with one attached hydrogen (secondary N) is 3. The topological polar surface area (TPSA) is 157 Å². The minimum atomic E-state index is -1.19. The Bertz CT molecular complexity index is 1370. The van der Waals surface area contributed by atoms with E-state index in [2.05, 4.69) is 16.0 Å². The maximum absolute atomic E-state index is 14.2. The van der Waals surface area contributed by atoms with E-state index in [9.17, 15) is 23.9 Å². The van der Waals surface area contributed by atoms with E-state index < -0.39 is 77.6 Å². The van der Waals surface area contributed by atoms with Gasteiger partial charge in [-0.15, -0.1) is 0 Å². The van der Waals surface area contributed by atoms with Crippen LogP contribution in [-0.2, 0) is 33.3 Å². The van der Waals surface area contributed by atoms with Crippen molar-refractivity contribution in [3.05, 3.63) is 30.1 Å². The quantitative estimate of drug-likeness (QED) is 0.229. The molecule has 0 aliphatic carbocycles. The molecule has 3 saturated heterocycles. The number of esters is 1. The number of rotatable bonds is 8. The number of benzene rings is 1. The molecule has 3 heterocycles. The number of nitrogens with zero attached hydrogens (tertiary/aromatic N) is 1. The monoisotopic (exact) mass is 722 g/mol. The summed E-state index contributed by atoms with van der Waals surface area (Å²) in [7, 11) is 5.28. The van der Waals surface area contributed by atoms with Gasteiger partial charge in [-0.1, -0.05) is 26.8 Å². The summed E-state index contributed by atoms with van der Waals surface area (Å²) in [4.78, 5) is 42.3. The number of carbonyl (C=O) groups is 3. The van der Waals surface area contributed by atoms with E-state index in [1.165, 1.54) is 19.1 Å². The molecule has 51 heavy (non-hydrogen) atoms. The minimum absolute atomic E-state index is 0.0209. The summed E-state index contributed by atoms with van der Waals surface area (Å²) in [6.45, 7) is 13.5. The Morgan fingerprint density at radius 3 is 2.47 bits per heavy atom. The molecule has 0 spiro atoms. The SMILES string of the molecule is CC[C@H]1OC(=O)C(C)C(=O)[C@H](C)[C@@H](O[C@@H]2OC(CNc3cccc(F)c3)CC(N(C)C)C2O)[C@](C)(OC)C[C@@H](C)CN[C@H](C)[C@H]2NC(=O)O[C@@]21C. The highest BCUT2D eigenvalue weighted by Gasteiger charge is 2.55. The summed E-state index contributed by atoms with van der Waals surface area (Å²) >= 11 is 0. The van der Waals surface area contributed by atoms with Crippen LogP contribution in [0.15, 0.2) is 24.3 Å². The normalized spacial score (nSPS) is 40.0. The van der Waals surface area contributed by atoms with Gasteiger partial charge in [-0.3, -0.25) is 9.59 Å². The van der Waals surface area contributed by atoms with Crippen LogP contribution in [0, 0.1) is 23.6 Å². The van der Waals surface area contributed by atoms with Gasteiger partial charge in [0.25, 0.3) is 0 Å². The van der Waals surface area contributed by atoms with Crippen LogP contribution < -0.4 is 16.0 Å². The molecule has 1 aromatic rings. The highest BCUT2D eigenvalue weighted by molar-refractivity contribution is 6.00. The van der Waals surface area contributed by atoms with Crippen molar-refractivity contribution in [2.45, 2.75) is 128 Å². The highest BCUT2D eigenvalue weighted by Crippen LogP contribution is 2.38. The predicted octanol–water partition coefficient (Wildman–Crippen LogP) is 3.48. The van der Waals surface area contributed by atoms with Crippen LogP contribution in [0.25, 0.3) is 0 Å². The number of hydrogen-bond donors (Lipinski definition) is 4. The fraction of sp³-hybridized carbons (Fsp3) is 0.757. The number of Topliss-reactive ketones (excluding diaryl/α,β-unsaturated/α-hetero) is 1. The molecule has 0 aromatic heterocycles. The van der Waals surface area contributed by atoms with Crippen LogP contribution in [0.4, 0.5) is 14.9 Å². The van der Waals surface area contributed by atoms with Gasteiger partial charge in [0, 0.05) is 37.3 Å². The number of methoxy groups -OCH3 is 1. The van der Waals surface area contributed by atoms with Gasteiger partial charge in [-0.2, -0.15) is 0 Å². The average Bonchev–Trinajstić information content (AvgIpc) is 3.40. The van der Waals surface area contributed by atoms with Crippen molar-refractivity contribution in [1.29, 1.82) is 0 Å². The zero-order valence-corrected chi connectivity index (χ0v) is 31.7. The van der Waals surface area contributed by atoms with E-state index in [-0.39, 0.29) is 23.8 Å². The maximum atomic E-state index is 14.2. The fourth-order valence-corrected chi connectivity index (χ4v) is 7.98. The number of anilines is 1. The van der Waals surface area contributed by atoms with Crippen LogP contribution >= 0.6 is 0 Å². The Morgan fingerprint density at radius 2 is 1.84 bits per heavy atom. The number of alkyl carbamates (subject to hydrolysis) is 1. The zero-order valence-electron chi connectivity index (χ0n) is 31.7. The lowest BCUT2D eigenvalue weighted by molar-refractivity contribution is -0.296. The molecule has 0 radical (unpaired) electrons. The van der Waals surface area contributed by atoms with Gasteiger partial charge in [0.1, 0.15) is 23.9 Å². The number of cyclic esters (lactones) is 1. The molecule has 14 heteroatoms. The first-order valence-corrected chi connectivity index (χ1v) is 18.1. The molecule has 13 nitrogen and oxygen atoms in total. The second-order valence-electron chi connectivity index (χ2n) is 15.3. The number of fused-ring (bicyclic) bond motifs is 1. The summed E-state index contributed by atoms with van der Waals surface area (Å²) in [6.07, 6.45) is -3.84. The van der Waals surface area contributed by atoms with E-state index in [1.54, 1.807) is 33.1 Å². The van der Waals surface area contributed by atoms with Crippen molar-refractivity contribution < 1.29 is 47.6 Å². The Morgan fingerprint density at radius 1 is 1.14 bits per heavy atom. The van der Waals surface area contributed by atoms with Crippen molar-refractivity contribution >= 4 is 23.5 Å². The van der Waals surface area contributed by atoms with Crippen molar-refractivity contribution in [2.75, 3.05) is 39.6 Å². The number of amides is 1. The van der Waals surface area contributed by atoms with Gasteiger partial charge in [-0.05, 0) is 91.7 Å². The van der Waals surface area contributed by atoms with Crippen LogP contribution in [0.1, 0.15) is 67.7 Å². The molecular weight excluding hydrogens is 663 g/mol. The summed E-state index contributed by atoms with van der Waals surface area (Å²) in [5.74, 6) is -3.66. The van der Waals surface area contributed by atoms with E-state index in [4.69, 9.17) is 23.7 Å². The van der Waals surface area contributed by atoms with Crippen LogP contribution in [0.5, 0.6) is 0 Å². The third-order valence-corrected chi connectivity index (χ3v) is 11.1. The lowest BCUT2D eigenvalue weighted by Crippen LogP contribution is -2.60. The first kappa shape index (κ1) is 40.9. The molecule has 0 bridgehead atoms. The second-order valence-corrected chi connectivity index (χ2v) is 15.3. The van der Waals surface area contributed by atoms with Gasteiger partial charge in [-0.25, -0.2) is 9.18 Å². The van der Waals surface area contributed by atoms with Crippen molar-refractivity contribution in [3.63, 3.8) is 0 Å². The molecular formula is C37H59FN4O9. The number of hydrogen-bond acceptors (Lipinski definition) is 12. The smallest absolute Gasteiger partial charge is 0.408 e. The van der Waals surface area contributed by atoms with Gasteiger partial charge in [0.2, 0.25) is 0 Å². The van der Waals surface area contributed by atoms with Crippen LogP contribution in [0.3, 0.4) is 0 Å². The lowest BCUT2D eigenvalue weighted by atomic mass is 9.78. The van der Waals surface area contributed by atoms with Gasteiger partial charge >= 0.3 is 12.1 Å². The molecule has 13 atom stereocenters. The zero-order chi connectivity index (χ0) is 37.8. The number of carbonyl (C=O) groups excluding carboxylic acids is 3. The maximum Gasteiger partial charge on any atom is 0.408 e. The predicted molar refractivity (Wildman–Crippen MR) is 188 cm³/mol. The van der Waals surface area contributed by atoms with Gasteiger partial charge < -0.3 is 49.6 Å². The summed E-state index contributed by atoms with van der Waals surface area (Å²) in [5.41, 5.74) is -1.68. The molecule has 0 saturated carbocycles. The third kappa shape index (κ3) is 9.20. The summed E-state index contributed by atoms with van der Waals surface area (Å²) < 4.78 is 44.9. The summed E-state index contributed by atoms with van der Waals surface area (Å²) in [5, 5.41) is 21.2. The molecule has 288 valence electrons. The number of aliphatic hydroxyl groups is 1. The standard InChI is InChI=1S/C37H59FN4O9/c1-11-28-37(7)31(41-35(46)51-37)23(5)39-18-20(2)17-36(6,47-10)32(21(3)29(43)22(4)33(45)49-28)50-34-30(44)27(42(8)9)16-26(48-34)19-40-25-14-12-13-24(38)15-25/h12-15,20-23,26-28,30-32,34,39-40,44H,11,16-19H2,1-10H3,(H,41,46)/t20-,21+,22?,23-,26?,27?,28-,30?,31-,32-,34+,36-,37-/m1/s1. The van der Waals surface area contributed by atoms with E-state index >= 15 is 0 Å². The van der Waals surface area contributed by atoms with E-state index in [0.717, 1.165) is 0 Å². The van der Waals surface area contributed by atoms with Gasteiger partial charge in [0.15, 0.2) is 17.7 Å². The minimum Gasteiger partial charge on any atom is -0.458 e. The first-order valence-electron chi connectivity index (χ1n) is 18.1. The van der Waals surface area contributed by atoms with Gasteiger partial charge in [0.05, 0.1) is 23.9 Å². The van der Waals surface area contributed by atoms with Crippen molar-refractivity contribution in [3.8, 4) is 0 Å². The van der Waals surface area contributed by atoms with E-state index in [1.807, 2.05) is 46.7 Å². The second kappa shape index (κ2) is 16.9. The van der Waals surface area contributed by atoms with Crippen molar-refractivity contribution in [2.24, 2.45) is 17.8 Å². The number of aliphatic hydroxyl groups excluding tert-OH is 1. The molecule has 1 aromatic carbocycles. The third-order valence-electron chi connectivity index (χ3n) is 11.1.